The summed E-state index contributed by atoms with van der Waals surface area (Å²) in [6, 6.07) is 19.0. The number of hydrogen-bond acceptors (Lipinski definition) is 6. The van der Waals surface area contributed by atoms with Crippen LogP contribution in [0.2, 0.25) is 10.0 Å². The van der Waals surface area contributed by atoms with Gasteiger partial charge in [-0.2, -0.15) is 5.26 Å². The number of carbonyl (C=O) groups is 2. The first-order valence-corrected chi connectivity index (χ1v) is 16.2. The molecule has 0 spiro atoms. The topological polar surface area (TPSA) is 129 Å². The van der Waals surface area contributed by atoms with Gasteiger partial charge in [-0.05, 0) is 73.7 Å². The Balaban J connectivity index is 1.65. The smallest absolute Gasteiger partial charge is 0.245 e. The molecule has 1 saturated heterocycles. The molecule has 0 saturated carbocycles. The van der Waals surface area contributed by atoms with Gasteiger partial charge < -0.3 is 15.0 Å². The van der Waals surface area contributed by atoms with E-state index in [9.17, 15) is 18.0 Å². The molecule has 226 valence electrons. The Kier molecular flexibility index (Phi) is 10.9. The number of hydrogen-bond donors (Lipinski definition) is 2. The van der Waals surface area contributed by atoms with Gasteiger partial charge >= 0.3 is 0 Å². The lowest BCUT2D eigenvalue weighted by Crippen LogP contribution is -2.53. The predicted octanol–water partition coefficient (Wildman–Crippen LogP) is 4.97. The second-order valence-corrected chi connectivity index (χ2v) is 12.8. The molecule has 2 N–H and O–H groups in total. The van der Waals surface area contributed by atoms with E-state index in [0.717, 1.165) is 12.8 Å². The molecular formula is C31H32Cl2N4O5S. The van der Waals surface area contributed by atoms with Crippen molar-refractivity contribution in [3.63, 3.8) is 0 Å². The van der Waals surface area contributed by atoms with E-state index in [1.807, 2.05) is 6.92 Å². The van der Waals surface area contributed by atoms with E-state index >= 15 is 0 Å². The molecule has 2 amide bonds. The largest absolute Gasteiger partial charge is 0.494 e. The van der Waals surface area contributed by atoms with Gasteiger partial charge in [0.2, 0.25) is 21.8 Å². The first kappa shape index (κ1) is 32.1. The zero-order chi connectivity index (χ0) is 31.0. The minimum absolute atomic E-state index is 0.00382. The molecule has 1 aliphatic heterocycles. The molecule has 0 radical (unpaired) electrons. The first-order chi connectivity index (χ1) is 20.6. The highest BCUT2D eigenvalue weighted by Gasteiger charge is 2.37. The average Bonchev–Trinajstić information content (AvgIpc) is 3.54. The van der Waals surface area contributed by atoms with E-state index < -0.39 is 27.2 Å². The number of amides is 2. The standard InChI is InChI=1S/C31H32Cl2N4O5S/c1-2-42-24-14-12-22(13-15-24)19-28(43(40,41)36-26-7-5-6-25(32)29(26)33)30(38)35-27(31(39)37-16-3-4-17-37)18-21-8-10-23(20-34)11-9-21/h5-15,27-28,36H,2-4,16-19H2,1H3,(H,35,38). The van der Waals surface area contributed by atoms with Crippen LogP contribution >= 0.6 is 23.2 Å². The van der Waals surface area contributed by atoms with E-state index in [-0.39, 0.29) is 34.5 Å². The number of likely N-dealkylation sites (tertiary alicyclic amines) is 1. The number of ether oxygens (including phenoxy) is 1. The molecule has 12 heteroatoms. The van der Waals surface area contributed by atoms with Crippen molar-refractivity contribution < 1.29 is 22.7 Å². The number of carbonyl (C=O) groups excluding carboxylic acids is 2. The van der Waals surface area contributed by atoms with Gasteiger partial charge in [-0.1, -0.05) is 53.5 Å². The second-order valence-electron chi connectivity index (χ2n) is 10.1. The van der Waals surface area contributed by atoms with Crippen LogP contribution in [0.5, 0.6) is 5.75 Å². The Bertz CT molecular complexity index is 1590. The number of anilines is 1. The molecule has 1 heterocycles. The van der Waals surface area contributed by atoms with Crippen molar-refractivity contribution in [1.82, 2.24) is 10.2 Å². The van der Waals surface area contributed by atoms with E-state index in [4.69, 9.17) is 33.2 Å². The molecule has 4 rings (SSSR count). The van der Waals surface area contributed by atoms with E-state index in [1.54, 1.807) is 53.4 Å². The molecule has 0 aliphatic carbocycles. The minimum atomic E-state index is -4.40. The number of rotatable bonds is 12. The second kappa shape index (κ2) is 14.6. The molecule has 3 aromatic carbocycles. The molecule has 2 atom stereocenters. The van der Waals surface area contributed by atoms with Gasteiger partial charge in [-0.15, -0.1) is 0 Å². The average molecular weight is 644 g/mol. The summed E-state index contributed by atoms with van der Waals surface area (Å²) in [5.41, 5.74) is 1.77. The molecule has 3 aromatic rings. The van der Waals surface area contributed by atoms with Crippen LogP contribution in [0.3, 0.4) is 0 Å². The fraction of sp³-hybridized carbons (Fsp3) is 0.323. The number of nitriles is 1. The van der Waals surface area contributed by atoms with Crippen molar-refractivity contribution in [3.05, 3.63) is 93.5 Å². The number of nitrogens with one attached hydrogen (secondary N) is 2. The van der Waals surface area contributed by atoms with Crippen LogP contribution in [-0.2, 0) is 32.5 Å². The number of sulfonamides is 1. The highest BCUT2D eigenvalue weighted by atomic mass is 35.5. The molecular weight excluding hydrogens is 611 g/mol. The molecule has 1 aliphatic rings. The Morgan fingerprint density at radius 3 is 2.23 bits per heavy atom. The van der Waals surface area contributed by atoms with Gasteiger partial charge in [0.05, 0.1) is 34.0 Å². The van der Waals surface area contributed by atoms with Crippen LogP contribution in [0.4, 0.5) is 5.69 Å². The maximum absolute atomic E-state index is 13.9. The first-order valence-electron chi connectivity index (χ1n) is 13.9. The Hall–Kier alpha value is -3.78. The Morgan fingerprint density at radius 2 is 1.60 bits per heavy atom. The summed E-state index contributed by atoms with van der Waals surface area (Å²) in [5, 5.41) is 10.4. The summed E-state index contributed by atoms with van der Waals surface area (Å²) < 4.78 is 35.5. The number of nitrogens with zero attached hydrogens (tertiary/aromatic N) is 2. The molecule has 43 heavy (non-hydrogen) atoms. The molecule has 1 fully saturated rings. The van der Waals surface area contributed by atoms with E-state index in [1.165, 1.54) is 18.2 Å². The number of halogens is 2. The fourth-order valence-electron chi connectivity index (χ4n) is 4.83. The predicted molar refractivity (Wildman–Crippen MR) is 167 cm³/mol. The van der Waals surface area contributed by atoms with Crippen LogP contribution in [0.1, 0.15) is 36.5 Å². The maximum atomic E-state index is 13.9. The third-order valence-corrected chi connectivity index (χ3v) is 9.53. The van der Waals surface area contributed by atoms with Crippen molar-refractivity contribution >= 4 is 50.7 Å². The zero-order valence-electron chi connectivity index (χ0n) is 23.6. The van der Waals surface area contributed by atoms with E-state index in [0.29, 0.717) is 42.1 Å². The molecule has 2 unspecified atom stereocenters. The lowest BCUT2D eigenvalue weighted by atomic mass is 10.0. The van der Waals surface area contributed by atoms with Gasteiger partial charge in [-0.25, -0.2) is 8.42 Å². The summed E-state index contributed by atoms with van der Waals surface area (Å²) in [6.45, 7) is 3.43. The zero-order valence-corrected chi connectivity index (χ0v) is 25.9. The SMILES string of the molecule is CCOc1ccc(CC(C(=O)NC(Cc2ccc(C#N)cc2)C(=O)N2CCCC2)S(=O)(=O)Nc2cccc(Cl)c2Cl)cc1. The fourth-order valence-corrected chi connectivity index (χ4v) is 6.61. The monoisotopic (exact) mass is 642 g/mol. The summed E-state index contributed by atoms with van der Waals surface area (Å²) in [5.74, 6) is -0.526. The summed E-state index contributed by atoms with van der Waals surface area (Å²) in [6.07, 6.45) is 1.63. The Labute approximate surface area is 261 Å². The summed E-state index contributed by atoms with van der Waals surface area (Å²) in [7, 11) is -4.40. The van der Waals surface area contributed by atoms with Gasteiger partial charge in [0.25, 0.3) is 0 Å². The van der Waals surface area contributed by atoms with Crippen LogP contribution in [0, 0.1) is 11.3 Å². The van der Waals surface area contributed by atoms with Crippen LogP contribution in [-0.4, -0.2) is 56.1 Å². The van der Waals surface area contributed by atoms with Gasteiger partial charge in [0, 0.05) is 19.5 Å². The van der Waals surface area contributed by atoms with Crippen molar-refractivity contribution in [3.8, 4) is 11.8 Å². The normalized spacial score (nSPS) is 14.4. The number of benzene rings is 3. The maximum Gasteiger partial charge on any atom is 0.245 e. The third kappa shape index (κ3) is 8.41. The van der Waals surface area contributed by atoms with Crippen LogP contribution < -0.4 is 14.8 Å². The third-order valence-electron chi connectivity index (χ3n) is 7.08. The lowest BCUT2D eigenvalue weighted by Gasteiger charge is -2.26. The quantitative estimate of drug-likeness (QED) is 0.287. The van der Waals surface area contributed by atoms with Gasteiger partial charge in [0.1, 0.15) is 11.8 Å². The Morgan fingerprint density at radius 1 is 0.977 bits per heavy atom. The highest BCUT2D eigenvalue weighted by molar-refractivity contribution is 7.94. The molecule has 0 aromatic heterocycles. The van der Waals surface area contributed by atoms with Crippen molar-refractivity contribution in [2.24, 2.45) is 0 Å². The summed E-state index contributed by atoms with van der Waals surface area (Å²) in [4.78, 5) is 29.1. The van der Waals surface area contributed by atoms with Crippen LogP contribution in [0.15, 0.2) is 66.7 Å². The lowest BCUT2D eigenvalue weighted by molar-refractivity contribution is -0.135. The minimum Gasteiger partial charge on any atom is -0.494 e. The van der Waals surface area contributed by atoms with Gasteiger partial charge in [0.15, 0.2) is 5.25 Å². The van der Waals surface area contributed by atoms with Crippen molar-refractivity contribution in [2.75, 3.05) is 24.4 Å². The molecule has 9 nitrogen and oxygen atoms in total. The summed E-state index contributed by atoms with van der Waals surface area (Å²) >= 11 is 12.4. The molecule has 0 bridgehead atoms. The van der Waals surface area contributed by atoms with Gasteiger partial charge in [-0.3, -0.25) is 14.3 Å². The van der Waals surface area contributed by atoms with Crippen molar-refractivity contribution in [2.45, 2.75) is 43.9 Å². The van der Waals surface area contributed by atoms with Crippen LogP contribution in [0.25, 0.3) is 0 Å². The van der Waals surface area contributed by atoms with Crippen molar-refractivity contribution in [1.29, 1.82) is 5.26 Å². The van der Waals surface area contributed by atoms with E-state index in [2.05, 4.69) is 16.1 Å². The highest BCUT2D eigenvalue weighted by Crippen LogP contribution is 2.31.